The number of halogens is 4. The number of aromatic amines is 1. The molecule has 10 heteroatoms. The Morgan fingerprint density at radius 2 is 2.00 bits per heavy atom. The van der Waals surface area contributed by atoms with Gasteiger partial charge in [-0.05, 0) is 48.6 Å². The van der Waals surface area contributed by atoms with E-state index in [1.54, 1.807) is 6.92 Å². The molecule has 1 unspecified atom stereocenters. The summed E-state index contributed by atoms with van der Waals surface area (Å²) >= 11 is 0. The molecule has 3 atom stereocenters. The summed E-state index contributed by atoms with van der Waals surface area (Å²) in [6.45, 7) is 1.68. The summed E-state index contributed by atoms with van der Waals surface area (Å²) in [7, 11) is 0. The van der Waals surface area contributed by atoms with Crippen molar-refractivity contribution < 1.29 is 27.1 Å². The van der Waals surface area contributed by atoms with Gasteiger partial charge in [0, 0.05) is 36.6 Å². The van der Waals surface area contributed by atoms with Gasteiger partial charge in [0.1, 0.15) is 17.4 Å². The highest BCUT2D eigenvalue weighted by molar-refractivity contribution is 5.91. The SMILES string of the molecule is CC(C(=O)Nc1ccc(Oc2ccc(F)cc2F)cn1)[C@H]1CCC(F)(F)[C@@H](c2ccc(=O)[nH]c2)C1. The van der Waals surface area contributed by atoms with Gasteiger partial charge in [0.25, 0.3) is 5.92 Å². The maximum Gasteiger partial charge on any atom is 0.254 e. The van der Waals surface area contributed by atoms with Gasteiger partial charge in [-0.15, -0.1) is 0 Å². The number of hydrogen-bond acceptors (Lipinski definition) is 4. The van der Waals surface area contributed by atoms with E-state index in [0.29, 0.717) is 11.6 Å². The van der Waals surface area contributed by atoms with Crippen LogP contribution in [-0.2, 0) is 4.79 Å². The Bertz CT molecular complexity index is 1240. The lowest BCUT2D eigenvalue weighted by atomic mass is 9.71. The van der Waals surface area contributed by atoms with Crippen molar-refractivity contribution in [3.05, 3.63) is 82.4 Å². The fourth-order valence-corrected chi connectivity index (χ4v) is 4.27. The fraction of sp³-hybridized carbons (Fsp3) is 0.320. The molecule has 1 saturated carbocycles. The first kappa shape index (κ1) is 24.4. The van der Waals surface area contributed by atoms with Gasteiger partial charge in [-0.1, -0.05) is 13.0 Å². The largest absolute Gasteiger partial charge is 0.453 e. The maximum atomic E-state index is 14.6. The number of hydrogen-bond donors (Lipinski definition) is 2. The third-order valence-corrected chi connectivity index (χ3v) is 6.34. The fourth-order valence-electron chi connectivity index (χ4n) is 4.27. The maximum absolute atomic E-state index is 14.6. The summed E-state index contributed by atoms with van der Waals surface area (Å²) in [6, 6.07) is 8.44. The predicted octanol–water partition coefficient (Wildman–Crippen LogP) is 5.63. The van der Waals surface area contributed by atoms with E-state index >= 15 is 0 Å². The third kappa shape index (κ3) is 5.70. The quantitative estimate of drug-likeness (QED) is 0.440. The second kappa shape index (κ2) is 9.89. The van der Waals surface area contributed by atoms with Gasteiger partial charge >= 0.3 is 0 Å². The minimum absolute atomic E-state index is 0.0943. The molecular weight excluding hydrogens is 466 g/mol. The van der Waals surface area contributed by atoms with Gasteiger partial charge in [-0.25, -0.2) is 22.5 Å². The molecule has 0 bridgehead atoms. The average Bonchev–Trinajstić information content (AvgIpc) is 2.82. The van der Waals surface area contributed by atoms with Crippen LogP contribution in [0.2, 0.25) is 0 Å². The van der Waals surface area contributed by atoms with E-state index < -0.39 is 29.4 Å². The van der Waals surface area contributed by atoms with Crippen LogP contribution in [0.1, 0.15) is 37.7 Å². The number of H-pyrrole nitrogens is 1. The number of nitrogens with zero attached hydrogens (tertiary/aromatic N) is 1. The summed E-state index contributed by atoms with van der Waals surface area (Å²) in [6.07, 6.45) is 2.50. The lowest BCUT2D eigenvalue weighted by molar-refractivity contribution is -0.124. The number of ether oxygens (including phenoxy) is 1. The average molecular weight is 489 g/mol. The van der Waals surface area contributed by atoms with Crippen LogP contribution in [0.15, 0.2) is 59.7 Å². The van der Waals surface area contributed by atoms with Crippen LogP contribution in [-0.4, -0.2) is 21.8 Å². The van der Waals surface area contributed by atoms with E-state index in [2.05, 4.69) is 15.3 Å². The monoisotopic (exact) mass is 489 g/mol. The van der Waals surface area contributed by atoms with Crippen LogP contribution in [0.5, 0.6) is 11.5 Å². The molecule has 35 heavy (non-hydrogen) atoms. The number of carbonyl (C=O) groups is 1. The zero-order valence-electron chi connectivity index (χ0n) is 18.7. The number of nitrogens with one attached hydrogen (secondary N) is 2. The number of rotatable bonds is 6. The first-order chi connectivity index (χ1) is 16.6. The van der Waals surface area contributed by atoms with Crippen molar-refractivity contribution in [1.82, 2.24) is 9.97 Å². The number of aromatic nitrogens is 2. The first-order valence-electron chi connectivity index (χ1n) is 11.1. The van der Waals surface area contributed by atoms with Crippen molar-refractivity contribution in [2.24, 2.45) is 11.8 Å². The summed E-state index contributed by atoms with van der Waals surface area (Å²) in [5, 5.41) is 2.67. The van der Waals surface area contributed by atoms with E-state index in [4.69, 9.17) is 4.74 Å². The zero-order valence-corrected chi connectivity index (χ0v) is 18.7. The highest BCUT2D eigenvalue weighted by Gasteiger charge is 2.47. The van der Waals surface area contributed by atoms with Crippen LogP contribution in [0.4, 0.5) is 23.4 Å². The number of pyridine rings is 2. The van der Waals surface area contributed by atoms with Crippen molar-refractivity contribution in [2.75, 3.05) is 5.32 Å². The molecule has 0 saturated heterocycles. The molecule has 2 aromatic heterocycles. The number of amides is 1. The number of benzene rings is 1. The summed E-state index contributed by atoms with van der Waals surface area (Å²) < 4.78 is 61.4. The van der Waals surface area contributed by atoms with Gasteiger partial charge in [0.2, 0.25) is 11.5 Å². The van der Waals surface area contributed by atoms with E-state index in [0.717, 1.165) is 12.1 Å². The van der Waals surface area contributed by atoms with Gasteiger partial charge in [-0.3, -0.25) is 9.59 Å². The molecule has 2 heterocycles. The highest BCUT2D eigenvalue weighted by Crippen LogP contribution is 2.48. The lowest BCUT2D eigenvalue weighted by Crippen LogP contribution is -2.38. The number of anilines is 1. The topological polar surface area (TPSA) is 84.1 Å². The van der Waals surface area contributed by atoms with Crippen molar-refractivity contribution in [2.45, 2.75) is 38.0 Å². The Morgan fingerprint density at radius 3 is 2.66 bits per heavy atom. The van der Waals surface area contributed by atoms with Crippen molar-refractivity contribution in [3.8, 4) is 11.5 Å². The van der Waals surface area contributed by atoms with Crippen molar-refractivity contribution in [3.63, 3.8) is 0 Å². The normalized spacial score (nSPS) is 20.1. The summed E-state index contributed by atoms with van der Waals surface area (Å²) in [5.41, 5.74) is -0.0364. The van der Waals surface area contributed by atoms with E-state index in [-0.39, 0.29) is 54.0 Å². The van der Waals surface area contributed by atoms with Crippen LogP contribution in [0, 0.1) is 23.5 Å². The van der Waals surface area contributed by atoms with E-state index in [1.807, 2.05) is 0 Å². The second-order valence-electron chi connectivity index (χ2n) is 8.67. The predicted molar refractivity (Wildman–Crippen MR) is 121 cm³/mol. The standard InChI is InChI=1S/C25H23F4N3O3/c1-14(15-8-9-25(28,29)19(10-15)16-2-7-23(33)31-12-16)24(34)32-22-6-4-18(13-30-22)35-21-5-3-17(26)11-20(21)27/h2-7,11-15,19H,8-10H2,1H3,(H,31,33)(H,30,32,34)/t14?,15-,19+/m0/s1. The molecule has 1 aliphatic carbocycles. The molecule has 184 valence electrons. The molecule has 0 radical (unpaired) electrons. The van der Waals surface area contributed by atoms with Crippen molar-refractivity contribution in [1.29, 1.82) is 0 Å². The van der Waals surface area contributed by atoms with Crippen LogP contribution >= 0.6 is 0 Å². The Kier molecular flexibility index (Phi) is 6.90. The molecule has 1 amide bonds. The zero-order chi connectivity index (χ0) is 25.2. The van der Waals surface area contributed by atoms with Crippen LogP contribution in [0.25, 0.3) is 0 Å². The number of carbonyl (C=O) groups excluding carboxylic acids is 1. The molecule has 1 aliphatic rings. The Morgan fingerprint density at radius 1 is 1.20 bits per heavy atom. The van der Waals surface area contributed by atoms with Crippen LogP contribution < -0.4 is 15.6 Å². The second-order valence-corrected chi connectivity index (χ2v) is 8.67. The molecule has 1 fully saturated rings. The minimum Gasteiger partial charge on any atom is -0.453 e. The summed E-state index contributed by atoms with van der Waals surface area (Å²) in [4.78, 5) is 30.6. The van der Waals surface area contributed by atoms with Gasteiger partial charge in [0.05, 0.1) is 6.20 Å². The van der Waals surface area contributed by atoms with E-state index in [9.17, 15) is 27.2 Å². The Labute approximate surface area is 198 Å². The van der Waals surface area contributed by atoms with Crippen molar-refractivity contribution >= 4 is 11.7 Å². The minimum atomic E-state index is -2.94. The first-order valence-corrected chi connectivity index (χ1v) is 11.1. The molecule has 0 spiro atoms. The molecule has 6 nitrogen and oxygen atoms in total. The van der Waals surface area contributed by atoms with Gasteiger partial charge < -0.3 is 15.0 Å². The van der Waals surface area contributed by atoms with Gasteiger partial charge in [0.15, 0.2) is 11.6 Å². The third-order valence-electron chi connectivity index (χ3n) is 6.34. The van der Waals surface area contributed by atoms with Gasteiger partial charge in [-0.2, -0.15) is 0 Å². The lowest BCUT2D eigenvalue weighted by Gasteiger charge is -2.38. The Hall–Kier alpha value is -3.69. The number of alkyl halides is 2. The molecule has 2 N–H and O–H groups in total. The molecule has 3 aromatic rings. The molecule has 4 rings (SSSR count). The molecular formula is C25H23F4N3O3. The van der Waals surface area contributed by atoms with Crippen LogP contribution in [0.3, 0.4) is 0 Å². The Balaban J connectivity index is 1.39. The molecule has 0 aliphatic heterocycles. The highest BCUT2D eigenvalue weighted by atomic mass is 19.3. The molecule has 1 aromatic carbocycles. The smallest absolute Gasteiger partial charge is 0.254 e. The van der Waals surface area contributed by atoms with E-state index in [1.165, 1.54) is 36.7 Å². The summed E-state index contributed by atoms with van der Waals surface area (Å²) in [5.74, 6) is -6.65.